The van der Waals surface area contributed by atoms with Crippen LogP contribution in [0.3, 0.4) is 0 Å². The number of carbonyl (C=O) groups excluding carboxylic acids is 1. The second-order valence-electron chi connectivity index (χ2n) is 5.62. The smallest absolute Gasteiger partial charge is 0.273 e. The van der Waals surface area contributed by atoms with Gasteiger partial charge in [0.25, 0.3) is 5.91 Å². The first-order valence-electron chi connectivity index (χ1n) is 7.85. The van der Waals surface area contributed by atoms with Crippen LogP contribution in [0.25, 0.3) is 6.08 Å². The third kappa shape index (κ3) is 3.17. The fourth-order valence-corrected chi connectivity index (χ4v) is 4.83. The summed E-state index contributed by atoms with van der Waals surface area (Å²) in [7, 11) is 0. The molecule has 132 valence electrons. The van der Waals surface area contributed by atoms with Gasteiger partial charge >= 0.3 is 0 Å². The highest BCUT2D eigenvalue weighted by molar-refractivity contribution is 8.19. The molecule has 1 atom stereocenters. The maximum Gasteiger partial charge on any atom is 0.273 e. The van der Waals surface area contributed by atoms with Crippen molar-refractivity contribution in [1.82, 2.24) is 15.2 Å². The summed E-state index contributed by atoms with van der Waals surface area (Å²) >= 11 is 4.22. The van der Waals surface area contributed by atoms with Crippen LogP contribution >= 0.6 is 34.9 Å². The standard InChI is InChI=1S/C17H15N5OS3/c1-24-12-4-2-10(3-5-12)14-11(9-20-21-14)8-13-15(23)22(16(18)26-13)17-19-6-7-25-17/h2,4-10,18H,3H2,1H3,(H,20,21)/b13-8-,18-16?. The lowest BCUT2D eigenvalue weighted by atomic mass is 9.94. The van der Waals surface area contributed by atoms with Crippen molar-refractivity contribution in [2.75, 3.05) is 11.2 Å². The number of anilines is 1. The number of amides is 1. The van der Waals surface area contributed by atoms with Gasteiger partial charge < -0.3 is 0 Å². The number of hydrogen-bond donors (Lipinski definition) is 2. The molecular weight excluding hydrogens is 386 g/mol. The topological polar surface area (TPSA) is 85.7 Å². The van der Waals surface area contributed by atoms with Gasteiger partial charge in [-0.05, 0) is 30.5 Å². The third-order valence-corrected chi connectivity index (χ3v) is 6.51. The zero-order valence-corrected chi connectivity index (χ0v) is 16.3. The van der Waals surface area contributed by atoms with E-state index in [1.54, 1.807) is 29.5 Å². The van der Waals surface area contributed by atoms with Crippen LogP contribution in [0.5, 0.6) is 0 Å². The molecule has 6 nitrogen and oxygen atoms in total. The Kier molecular flexibility index (Phi) is 4.84. The predicted molar refractivity (Wildman–Crippen MR) is 110 cm³/mol. The molecule has 1 saturated heterocycles. The van der Waals surface area contributed by atoms with Gasteiger partial charge in [-0.1, -0.05) is 18.2 Å². The van der Waals surface area contributed by atoms with Gasteiger partial charge in [-0.25, -0.2) is 9.88 Å². The Hall–Kier alpha value is -2.10. The Morgan fingerprint density at radius 3 is 3.08 bits per heavy atom. The Morgan fingerprint density at radius 1 is 1.50 bits per heavy atom. The van der Waals surface area contributed by atoms with Gasteiger partial charge in [-0.3, -0.25) is 15.3 Å². The molecule has 3 heterocycles. The van der Waals surface area contributed by atoms with Gasteiger partial charge in [0.15, 0.2) is 10.3 Å². The van der Waals surface area contributed by atoms with E-state index < -0.39 is 0 Å². The molecule has 1 amide bonds. The number of thioether (sulfide) groups is 2. The Morgan fingerprint density at radius 2 is 2.38 bits per heavy atom. The molecule has 0 radical (unpaired) electrons. The average molecular weight is 402 g/mol. The Bertz CT molecular complexity index is 942. The molecule has 2 aliphatic rings. The van der Waals surface area contributed by atoms with Crippen molar-refractivity contribution in [2.45, 2.75) is 12.3 Å². The zero-order chi connectivity index (χ0) is 18.1. The maximum absolute atomic E-state index is 12.7. The summed E-state index contributed by atoms with van der Waals surface area (Å²) in [6, 6.07) is 0. The van der Waals surface area contributed by atoms with Gasteiger partial charge in [-0.15, -0.1) is 23.1 Å². The Balaban J connectivity index is 1.60. The minimum Gasteiger partial charge on any atom is -0.281 e. The lowest BCUT2D eigenvalue weighted by Crippen LogP contribution is -2.27. The van der Waals surface area contributed by atoms with Crippen molar-refractivity contribution in [2.24, 2.45) is 0 Å². The molecular formula is C17H15N5OS3. The molecule has 0 saturated carbocycles. The van der Waals surface area contributed by atoms with Crippen LogP contribution in [0, 0.1) is 5.41 Å². The number of hydrogen-bond acceptors (Lipinski definition) is 7. The Labute approximate surface area is 163 Å². The van der Waals surface area contributed by atoms with Crippen LogP contribution in [0.4, 0.5) is 5.13 Å². The number of thiazole rings is 1. The van der Waals surface area contributed by atoms with Crippen LogP contribution in [-0.4, -0.2) is 32.5 Å². The summed E-state index contributed by atoms with van der Waals surface area (Å²) in [5, 5.41) is 17.8. The number of nitrogens with one attached hydrogen (secondary N) is 2. The first kappa shape index (κ1) is 17.3. The zero-order valence-electron chi connectivity index (χ0n) is 13.8. The highest BCUT2D eigenvalue weighted by Gasteiger charge is 2.35. The summed E-state index contributed by atoms with van der Waals surface area (Å²) < 4.78 is 0. The molecule has 2 aromatic heterocycles. The van der Waals surface area contributed by atoms with Crippen molar-refractivity contribution in [3.8, 4) is 0 Å². The molecule has 0 spiro atoms. The maximum atomic E-state index is 12.7. The van der Waals surface area contributed by atoms with Gasteiger partial charge in [0, 0.05) is 33.7 Å². The quantitative estimate of drug-likeness (QED) is 0.750. The molecule has 2 aromatic rings. The SMILES string of the molecule is CSC1=CCC(c2[nH]ncc2/C=C2\SC(=N)N(c3nccs3)C2=O)C=C1. The first-order chi connectivity index (χ1) is 12.7. The number of nitrogens with zero attached hydrogens (tertiary/aromatic N) is 3. The van der Waals surface area contributed by atoms with Gasteiger partial charge in [0.05, 0.1) is 11.1 Å². The van der Waals surface area contributed by atoms with Crippen molar-refractivity contribution in [1.29, 1.82) is 5.41 Å². The van der Waals surface area contributed by atoms with Crippen LogP contribution in [0.2, 0.25) is 0 Å². The van der Waals surface area contributed by atoms with Crippen LogP contribution in [-0.2, 0) is 4.79 Å². The van der Waals surface area contributed by atoms with Gasteiger partial charge in [0.2, 0.25) is 0 Å². The van der Waals surface area contributed by atoms with E-state index in [1.165, 1.54) is 21.1 Å². The summed E-state index contributed by atoms with van der Waals surface area (Å²) in [4.78, 5) is 20.0. The van der Waals surface area contributed by atoms with E-state index in [4.69, 9.17) is 5.41 Å². The van der Waals surface area contributed by atoms with Crippen molar-refractivity contribution >= 4 is 57.1 Å². The van der Waals surface area contributed by atoms with Crippen molar-refractivity contribution < 1.29 is 4.79 Å². The molecule has 0 aromatic carbocycles. The van der Waals surface area contributed by atoms with Crippen molar-refractivity contribution in [3.05, 3.63) is 57.1 Å². The summed E-state index contributed by atoms with van der Waals surface area (Å²) in [5.74, 6) is -0.0119. The monoisotopic (exact) mass is 401 g/mol. The minimum atomic E-state index is -0.217. The lowest BCUT2D eigenvalue weighted by molar-refractivity contribution is -0.113. The molecule has 4 rings (SSSR count). The number of amidine groups is 1. The third-order valence-electron chi connectivity index (χ3n) is 4.09. The number of aromatic amines is 1. The fraction of sp³-hybridized carbons (Fsp3) is 0.176. The number of H-pyrrole nitrogens is 1. The summed E-state index contributed by atoms with van der Waals surface area (Å²) in [6.45, 7) is 0. The lowest BCUT2D eigenvalue weighted by Gasteiger charge is -2.15. The molecule has 1 aliphatic carbocycles. The average Bonchev–Trinajstić information content (AvgIpc) is 3.38. The first-order valence-corrected chi connectivity index (χ1v) is 10.8. The van der Waals surface area contributed by atoms with Gasteiger partial charge in [-0.2, -0.15) is 5.10 Å². The van der Waals surface area contributed by atoms with Crippen molar-refractivity contribution in [3.63, 3.8) is 0 Å². The molecule has 0 bridgehead atoms. The normalized spacial score (nSPS) is 21.7. The molecule has 2 N–H and O–H groups in total. The molecule has 1 fully saturated rings. The molecule has 1 unspecified atom stereocenters. The van der Waals surface area contributed by atoms with E-state index in [0.717, 1.165) is 29.4 Å². The predicted octanol–water partition coefficient (Wildman–Crippen LogP) is 4.21. The second kappa shape index (κ2) is 7.26. The largest absolute Gasteiger partial charge is 0.281 e. The van der Waals surface area contributed by atoms with E-state index in [1.807, 2.05) is 6.08 Å². The van der Waals surface area contributed by atoms with E-state index in [-0.39, 0.29) is 17.0 Å². The number of allylic oxidation sites excluding steroid dienone is 3. The van der Waals surface area contributed by atoms with E-state index >= 15 is 0 Å². The summed E-state index contributed by atoms with van der Waals surface area (Å²) in [6.07, 6.45) is 14.6. The van der Waals surface area contributed by atoms with Crippen LogP contribution < -0.4 is 4.90 Å². The highest BCUT2D eigenvalue weighted by Crippen LogP contribution is 2.37. The van der Waals surface area contributed by atoms with Crippen LogP contribution in [0.15, 0.2) is 45.8 Å². The number of carbonyl (C=O) groups is 1. The highest BCUT2D eigenvalue weighted by atomic mass is 32.2. The van der Waals surface area contributed by atoms with Gasteiger partial charge in [0.1, 0.15) is 0 Å². The minimum absolute atomic E-state index is 0.173. The summed E-state index contributed by atoms with van der Waals surface area (Å²) in [5.41, 5.74) is 1.86. The van der Waals surface area contributed by atoms with E-state index in [0.29, 0.717) is 10.0 Å². The number of aromatic nitrogens is 3. The number of rotatable bonds is 4. The second-order valence-corrected chi connectivity index (χ2v) is 8.41. The molecule has 1 aliphatic heterocycles. The van der Waals surface area contributed by atoms with E-state index in [2.05, 4.69) is 39.7 Å². The van der Waals surface area contributed by atoms with E-state index in [9.17, 15) is 4.79 Å². The molecule has 26 heavy (non-hydrogen) atoms. The molecule has 9 heteroatoms. The van der Waals surface area contributed by atoms with Crippen LogP contribution in [0.1, 0.15) is 23.6 Å². The fourth-order valence-electron chi connectivity index (χ4n) is 2.81.